The Bertz CT molecular complexity index is 978. The van der Waals surface area contributed by atoms with E-state index in [4.69, 9.17) is 0 Å². The van der Waals surface area contributed by atoms with Crippen LogP contribution in [0, 0.1) is 17.8 Å². The minimum absolute atomic E-state index is 0.0826. The number of likely N-dealkylation sites (tertiary alicyclic amines) is 1. The Balaban J connectivity index is 1.75. The van der Waals surface area contributed by atoms with Gasteiger partial charge in [0.1, 0.15) is 11.3 Å². The van der Waals surface area contributed by atoms with Gasteiger partial charge in [-0.3, -0.25) is 24.6 Å². The third kappa shape index (κ3) is 4.90. The average Bonchev–Trinajstić information content (AvgIpc) is 3.26. The van der Waals surface area contributed by atoms with Gasteiger partial charge in [-0.15, -0.1) is 13.2 Å². The molecule has 2 saturated heterocycles. The van der Waals surface area contributed by atoms with Crippen molar-refractivity contribution in [1.29, 1.82) is 0 Å². The molecule has 0 radical (unpaired) electrons. The van der Waals surface area contributed by atoms with Crippen molar-refractivity contribution < 1.29 is 37.4 Å². The zero-order valence-electron chi connectivity index (χ0n) is 19.6. The van der Waals surface area contributed by atoms with Gasteiger partial charge in [-0.1, -0.05) is 57.6 Å². The van der Waals surface area contributed by atoms with Crippen LogP contribution < -0.4 is 10.1 Å². The van der Waals surface area contributed by atoms with E-state index in [1.54, 1.807) is 0 Å². The van der Waals surface area contributed by atoms with E-state index in [1.165, 1.54) is 12.1 Å². The van der Waals surface area contributed by atoms with Gasteiger partial charge < -0.3 is 9.84 Å². The number of carboxylic acids is 1. The number of hydrogen-bond acceptors (Lipinski definition) is 5. The quantitative estimate of drug-likeness (QED) is 0.517. The number of carbonyl (C=O) groups excluding carboxylic acids is 2. The number of hydrogen-bond donors (Lipinski definition) is 2. The molecule has 2 heterocycles. The van der Waals surface area contributed by atoms with Crippen LogP contribution in [0.25, 0.3) is 0 Å². The monoisotopic (exact) mass is 496 g/mol. The van der Waals surface area contributed by atoms with E-state index in [1.807, 2.05) is 6.92 Å². The summed E-state index contributed by atoms with van der Waals surface area (Å²) in [4.78, 5) is 41.0. The number of halogens is 3. The van der Waals surface area contributed by atoms with E-state index in [0.29, 0.717) is 6.42 Å². The number of fused-ring (bicyclic) bond motifs is 1. The fraction of sp³-hybridized carbons (Fsp3) is 0.640. The molecule has 7 nitrogen and oxygen atoms in total. The van der Waals surface area contributed by atoms with E-state index in [2.05, 4.69) is 10.1 Å². The number of carbonyl (C=O) groups is 3. The Morgan fingerprint density at radius 2 is 1.91 bits per heavy atom. The van der Waals surface area contributed by atoms with Crippen LogP contribution in [-0.2, 0) is 14.4 Å². The maximum absolute atomic E-state index is 13.5. The van der Waals surface area contributed by atoms with Gasteiger partial charge in [0.05, 0.1) is 11.8 Å². The van der Waals surface area contributed by atoms with Crippen molar-refractivity contribution in [2.75, 3.05) is 6.54 Å². The van der Waals surface area contributed by atoms with Gasteiger partial charge in [0.15, 0.2) is 0 Å². The third-order valence-corrected chi connectivity index (χ3v) is 7.65. The van der Waals surface area contributed by atoms with Gasteiger partial charge >= 0.3 is 12.3 Å². The van der Waals surface area contributed by atoms with Crippen LogP contribution in [-0.4, -0.2) is 46.2 Å². The minimum Gasteiger partial charge on any atom is -0.480 e. The Kier molecular flexibility index (Phi) is 7.13. The SMILES string of the molecule is CCCCN1C(=O)C2C(c3cccc(OC(F)(F)F)c3)NC(CC3CCCCC3)(C(=O)O)C2C1=O. The first-order valence-electron chi connectivity index (χ1n) is 12.3. The van der Waals surface area contributed by atoms with Gasteiger partial charge in [0.25, 0.3) is 0 Å². The minimum atomic E-state index is -4.90. The number of carboxylic acid groups (broad SMARTS) is 1. The molecule has 1 aliphatic carbocycles. The molecule has 2 N–H and O–H groups in total. The number of rotatable bonds is 8. The number of imide groups is 1. The van der Waals surface area contributed by atoms with Crippen LogP contribution in [0.3, 0.4) is 0 Å². The van der Waals surface area contributed by atoms with E-state index >= 15 is 0 Å². The molecule has 1 aromatic carbocycles. The van der Waals surface area contributed by atoms with Crippen LogP contribution in [0.1, 0.15) is 69.9 Å². The molecule has 4 unspecified atom stereocenters. The average molecular weight is 497 g/mol. The van der Waals surface area contributed by atoms with Crippen molar-refractivity contribution >= 4 is 17.8 Å². The van der Waals surface area contributed by atoms with Crippen molar-refractivity contribution in [1.82, 2.24) is 10.2 Å². The first-order chi connectivity index (χ1) is 16.6. The second-order valence-corrected chi connectivity index (χ2v) is 9.91. The normalized spacial score (nSPS) is 29.5. The Labute approximate surface area is 202 Å². The number of aliphatic carboxylic acids is 1. The standard InChI is InChI=1S/C25H31F3N2O5/c1-2-3-12-30-21(31)18-19(22(30)32)24(23(33)34,14-15-8-5-4-6-9-15)29-20(18)16-10-7-11-17(13-16)35-25(26,27)28/h7,10-11,13,15,18-20,29H,2-6,8-9,12,14H2,1H3,(H,33,34). The summed E-state index contributed by atoms with van der Waals surface area (Å²) >= 11 is 0. The fourth-order valence-corrected chi connectivity index (χ4v) is 6.11. The lowest BCUT2D eigenvalue weighted by Crippen LogP contribution is -2.56. The molecule has 2 amide bonds. The zero-order valence-corrected chi connectivity index (χ0v) is 19.6. The predicted molar refractivity (Wildman–Crippen MR) is 119 cm³/mol. The topological polar surface area (TPSA) is 95.9 Å². The molecule has 3 aliphatic rings. The van der Waals surface area contributed by atoms with Crippen molar-refractivity contribution in [3.8, 4) is 5.75 Å². The summed E-state index contributed by atoms with van der Waals surface area (Å²) in [5.74, 6) is -4.71. The number of amides is 2. The molecule has 1 aromatic rings. The van der Waals surface area contributed by atoms with Gasteiger partial charge in [0.2, 0.25) is 11.8 Å². The van der Waals surface area contributed by atoms with Crippen molar-refractivity contribution in [2.24, 2.45) is 17.8 Å². The number of nitrogens with zero attached hydrogens (tertiary/aromatic N) is 1. The van der Waals surface area contributed by atoms with Crippen LogP contribution in [0.4, 0.5) is 13.2 Å². The lowest BCUT2D eigenvalue weighted by Gasteiger charge is -2.35. The lowest BCUT2D eigenvalue weighted by atomic mass is 9.72. The van der Waals surface area contributed by atoms with Gasteiger partial charge in [-0.25, -0.2) is 0 Å². The van der Waals surface area contributed by atoms with Gasteiger partial charge in [0, 0.05) is 12.6 Å². The second kappa shape index (κ2) is 9.79. The Morgan fingerprint density at radius 3 is 2.54 bits per heavy atom. The molecule has 0 spiro atoms. The molecule has 0 aromatic heterocycles. The van der Waals surface area contributed by atoms with Crippen molar-refractivity contribution in [3.63, 3.8) is 0 Å². The highest BCUT2D eigenvalue weighted by Crippen LogP contribution is 2.52. The lowest BCUT2D eigenvalue weighted by molar-refractivity contribution is -0.274. The smallest absolute Gasteiger partial charge is 0.480 e. The maximum Gasteiger partial charge on any atom is 0.573 e. The predicted octanol–water partition coefficient (Wildman–Crippen LogP) is 4.42. The zero-order chi connectivity index (χ0) is 25.4. The number of unbranched alkanes of at least 4 members (excludes halogenated alkanes) is 1. The Morgan fingerprint density at radius 1 is 1.20 bits per heavy atom. The summed E-state index contributed by atoms with van der Waals surface area (Å²) in [5, 5.41) is 13.6. The van der Waals surface area contributed by atoms with Crippen molar-refractivity contribution in [3.05, 3.63) is 29.8 Å². The Hall–Kier alpha value is -2.62. The van der Waals surface area contributed by atoms with E-state index in [0.717, 1.165) is 55.6 Å². The molecule has 192 valence electrons. The van der Waals surface area contributed by atoms with Crippen LogP contribution in [0.2, 0.25) is 0 Å². The van der Waals surface area contributed by atoms with Gasteiger partial charge in [-0.2, -0.15) is 0 Å². The highest BCUT2D eigenvalue weighted by Gasteiger charge is 2.68. The molecule has 0 bridgehead atoms. The molecule has 4 rings (SSSR count). The molecule has 10 heteroatoms. The van der Waals surface area contributed by atoms with E-state index in [9.17, 15) is 32.7 Å². The number of alkyl halides is 3. The molecular weight excluding hydrogens is 465 g/mol. The number of ether oxygens (including phenoxy) is 1. The largest absolute Gasteiger partial charge is 0.573 e. The number of nitrogens with one attached hydrogen (secondary N) is 1. The van der Waals surface area contributed by atoms with Crippen LogP contribution in [0.15, 0.2) is 24.3 Å². The molecule has 2 aliphatic heterocycles. The van der Waals surface area contributed by atoms with Crippen LogP contribution in [0.5, 0.6) is 5.75 Å². The first-order valence-corrected chi connectivity index (χ1v) is 12.3. The second-order valence-electron chi connectivity index (χ2n) is 9.91. The molecule has 35 heavy (non-hydrogen) atoms. The fourth-order valence-electron chi connectivity index (χ4n) is 6.11. The maximum atomic E-state index is 13.5. The molecule has 4 atom stereocenters. The summed E-state index contributed by atoms with van der Waals surface area (Å²) in [6, 6.07) is 4.27. The summed E-state index contributed by atoms with van der Waals surface area (Å²) in [6.07, 6.45) is 1.35. The number of benzene rings is 1. The summed E-state index contributed by atoms with van der Waals surface area (Å²) in [6.45, 7) is 2.12. The third-order valence-electron chi connectivity index (χ3n) is 7.65. The molecule has 3 fully saturated rings. The highest BCUT2D eigenvalue weighted by molar-refractivity contribution is 6.09. The highest BCUT2D eigenvalue weighted by atomic mass is 19.4. The molecular formula is C25H31F3N2O5. The van der Waals surface area contributed by atoms with Gasteiger partial charge in [-0.05, 0) is 36.5 Å². The van der Waals surface area contributed by atoms with E-state index in [-0.39, 0.29) is 24.4 Å². The summed E-state index contributed by atoms with van der Waals surface area (Å²) in [7, 11) is 0. The summed E-state index contributed by atoms with van der Waals surface area (Å²) < 4.78 is 42.5. The van der Waals surface area contributed by atoms with E-state index < -0.39 is 53.3 Å². The molecule has 1 saturated carbocycles. The van der Waals surface area contributed by atoms with Crippen LogP contribution >= 0.6 is 0 Å². The summed E-state index contributed by atoms with van der Waals surface area (Å²) in [5.41, 5.74) is -1.39. The first kappa shape index (κ1) is 25.5. The van der Waals surface area contributed by atoms with Crippen molar-refractivity contribution in [2.45, 2.75) is 76.2 Å².